The molecular weight excluding hydrogens is 296 g/mol. The first-order valence-corrected chi connectivity index (χ1v) is 5.52. The number of hydrogen-bond acceptors (Lipinski definition) is 3. The predicted octanol–water partition coefficient (Wildman–Crippen LogP) is 3.78. The minimum Gasteiger partial charge on any atom is -0.336 e. The molecule has 0 atom stereocenters. The van der Waals surface area contributed by atoms with E-state index in [-0.39, 0.29) is 5.69 Å². The normalized spacial score (nSPS) is 10.2. The van der Waals surface area contributed by atoms with Crippen LogP contribution in [0.25, 0.3) is 0 Å². The predicted molar refractivity (Wildman–Crippen MR) is 64.4 cm³/mol. The third-order valence-corrected chi connectivity index (χ3v) is 2.60. The third-order valence-electron chi connectivity index (χ3n) is 1.85. The van der Waals surface area contributed by atoms with Gasteiger partial charge in [-0.05, 0) is 28.1 Å². The summed E-state index contributed by atoms with van der Waals surface area (Å²) in [5.74, 6) is 0.0381. The van der Waals surface area contributed by atoms with Gasteiger partial charge in [-0.3, -0.25) is 0 Å². The maximum absolute atomic E-state index is 13.4. The Hall–Kier alpha value is -1.20. The molecule has 82 valence electrons. The minimum atomic E-state index is -0.428. The number of hydrogen-bond donors (Lipinski definition) is 1. The standard InChI is InChI=1S/C10H6BrClFN3/c11-8-4-9(15-5-14-8)16-10-6(12)2-1-3-7(10)13/h1-5H,(H,14,15,16). The van der Waals surface area contributed by atoms with Crippen LogP contribution in [0.5, 0.6) is 0 Å². The smallest absolute Gasteiger partial charge is 0.148 e. The van der Waals surface area contributed by atoms with Crippen molar-refractivity contribution in [3.05, 3.63) is 46.0 Å². The van der Waals surface area contributed by atoms with Crippen molar-refractivity contribution >= 4 is 39.0 Å². The summed E-state index contributed by atoms with van der Waals surface area (Å²) in [4.78, 5) is 7.80. The molecule has 1 aromatic carbocycles. The van der Waals surface area contributed by atoms with E-state index >= 15 is 0 Å². The topological polar surface area (TPSA) is 37.8 Å². The highest BCUT2D eigenvalue weighted by Gasteiger charge is 2.07. The van der Waals surface area contributed by atoms with Crippen LogP contribution in [-0.4, -0.2) is 9.97 Å². The first-order valence-electron chi connectivity index (χ1n) is 4.35. The van der Waals surface area contributed by atoms with Gasteiger partial charge in [-0.1, -0.05) is 17.7 Å². The number of rotatable bonds is 2. The Bertz CT molecular complexity index is 501. The molecule has 3 nitrogen and oxygen atoms in total. The molecule has 1 N–H and O–H groups in total. The molecule has 0 spiro atoms. The quantitative estimate of drug-likeness (QED) is 0.858. The van der Waals surface area contributed by atoms with Gasteiger partial charge in [0.1, 0.15) is 22.6 Å². The van der Waals surface area contributed by atoms with Crippen molar-refractivity contribution in [2.45, 2.75) is 0 Å². The van der Waals surface area contributed by atoms with Gasteiger partial charge in [0.25, 0.3) is 0 Å². The van der Waals surface area contributed by atoms with E-state index in [0.717, 1.165) is 0 Å². The average Bonchev–Trinajstić information content (AvgIpc) is 2.24. The molecule has 0 aliphatic carbocycles. The Kier molecular flexibility index (Phi) is 3.36. The van der Waals surface area contributed by atoms with Crippen molar-refractivity contribution in [1.29, 1.82) is 0 Å². The van der Waals surface area contributed by atoms with Gasteiger partial charge in [0.2, 0.25) is 0 Å². The van der Waals surface area contributed by atoms with Crippen molar-refractivity contribution in [3.8, 4) is 0 Å². The molecule has 16 heavy (non-hydrogen) atoms. The van der Waals surface area contributed by atoms with E-state index in [2.05, 4.69) is 31.2 Å². The van der Waals surface area contributed by atoms with E-state index in [4.69, 9.17) is 11.6 Å². The van der Waals surface area contributed by atoms with Gasteiger partial charge in [0.15, 0.2) is 0 Å². The maximum Gasteiger partial charge on any atom is 0.148 e. The summed E-state index contributed by atoms with van der Waals surface area (Å²) < 4.78 is 14.0. The van der Waals surface area contributed by atoms with Gasteiger partial charge in [-0.2, -0.15) is 0 Å². The van der Waals surface area contributed by atoms with Gasteiger partial charge in [0, 0.05) is 6.07 Å². The zero-order chi connectivity index (χ0) is 11.5. The molecule has 0 fully saturated rings. The van der Waals surface area contributed by atoms with Crippen molar-refractivity contribution < 1.29 is 4.39 Å². The summed E-state index contributed by atoms with van der Waals surface area (Å²) in [6.07, 6.45) is 1.36. The lowest BCUT2D eigenvalue weighted by Gasteiger charge is -2.08. The number of benzene rings is 1. The number of para-hydroxylation sites is 1. The summed E-state index contributed by atoms with van der Waals surface area (Å²) >= 11 is 9.06. The molecule has 0 aliphatic heterocycles. The maximum atomic E-state index is 13.4. The zero-order valence-electron chi connectivity index (χ0n) is 7.92. The molecule has 0 radical (unpaired) electrons. The second-order valence-electron chi connectivity index (χ2n) is 2.95. The van der Waals surface area contributed by atoms with Crippen LogP contribution < -0.4 is 5.32 Å². The Morgan fingerprint density at radius 1 is 1.31 bits per heavy atom. The highest BCUT2D eigenvalue weighted by Crippen LogP contribution is 2.27. The minimum absolute atomic E-state index is 0.203. The fourth-order valence-electron chi connectivity index (χ4n) is 1.15. The average molecular weight is 303 g/mol. The Balaban J connectivity index is 2.34. The summed E-state index contributed by atoms with van der Waals surface area (Å²) in [7, 11) is 0. The van der Waals surface area contributed by atoms with Crippen molar-refractivity contribution in [1.82, 2.24) is 9.97 Å². The molecule has 0 saturated carbocycles. The highest BCUT2D eigenvalue weighted by atomic mass is 79.9. The number of aromatic nitrogens is 2. The largest absolute Gasteiger partial charge is 0.336 e. The van der Waals surface area contributed by atoms with Crippen LogP contribution in [0, 0.1) is 5.82 Å². The van der Waals surface area contributed by atoms with Gasteiger partial charge in [-0.25, -0.2) is 14.4 Å². The number of nitrogens with zero attached hydrogens (tertiary/aromatic N) is 2. The number of halogens is 3. The monoisotopic (exact) mass is 301 g/mol. The van der Waals surface area contributed by atoms with E-state index in [1.54, 1.807) is 18.2 Å². The molecule has 1 heterocycles. The van der Waals surface area contributed by atoms with Gasteiger partial charge in [-0.15, -0.1) is 0 Å². The molecule has 0 unspecified atom stereocenters. The molecule has 6 heteroatoms. The molecule has 0 amide bonds. The second kappa shape index (κ2) is 4.76. The zero-order valence-corrected chi connectivity index (χ0v) is 10.3. The van der Waals surface area contributed by atoms with E-state index in [9.17, 15) is 4.39 Å². The van der Waals surface area contributed by atoms with Crippen molar-refractivity contribution in [2.24, 2.45) is 0 Å². The first-order chi connectivity index (χ1) is 7.66. The summed E-state index contributed by atoms with van der Waals surface area (Å²) in [5, 5.41) is 3.09. The van der Waals surface area contributed by atoms with E-state index < -0.39 is 5.82 Å². The molecule has 2 rings (SSSR count). The summed E-state index contributed by atoms with van der Waals surface area (Å²) in [5.41, 5.74) is 0.203. The van der Waals surface area contributed by atoms with Gasteiger partial charge < -0.3 is 5.32 Å². The fourth-order valence-corrected chi connectivity index (χ4v) is 1.67. The molecule has 0 saturated heterocycles. The van der Waals surface area contributed by atoms with Crippen LogP contribution in [0.3, 0.4) is 0 Å². The van der Waals surface area contributed by atoms with E-state index in [0.29, 0.717) is 15.4 Å². The van der Waals surface area contributed by atoms with Gasteiger partial charge in [0.05, 0.1) is 10.7 Å². The van der Waals surface area contributed by atoms with Crippen LogP contribution in [-0.2, 0) is 0 Å². The van der Waals surface area contributed by atoms with Crippen LogP contribution in [0.4, 0.5) is 15.9 Å². The Morgan fingerprint density at radius 2 is 2.12 bits per heavy atom. The molecule has 2 aromatic rings. The Morgan fingerprint density at radius 3 is 2.81 bits per heavy atom. The molecular formula is C10H6BrClFN3. The second-order valence-corrected chi connectivity index (χ2v) is 4.17. The summed E-state index contributed by atoms with van der Waals surface area (Å²) in [6, 6.07) is 6.09. The lowest BCUT2D eigenvalue weighted by molar-refractivity contribution is 0.632. The highest BCUT2D eigenvalue weighted by molar-refractivity contribution is 9.10. The SMILES string of the molecule is Fc1cccc(Cl)c1Nc1cc(Br)ncn1. The fraction of sp³-hybridized carbons (Fsp3) is 0. The lowest BCUT2D eigenvalue weighted by atomic mass is 10.3. The number of anilines is 2. The lowest BCUT2D eigenvalue weighted by Crippen LogP contribution is -1.97. The molecule has 1 aromatic heterocycles. The third kappa shape index (κ3) is 2.48. The van der Waals surface area contributed by atoms with Crippen molar-refractivity contribution in [3.63, 3.8) is 0 Å². The first kappa shape index (κ1) is 11.3. The van der Waals surface area contributed by atoms with Crippen molar-refractivity contribution in [2.75, 3.05) is 5.32 Å². The van der Waals surface area contributed by atoms with Gasteiger partial charge >= 0.3 is 0 Å². The van der Waals surface area contributed by atoms with Crippen LogP contribution in [0.2, 0.25) is 5.02 Å². The van der Waals surface area contributed by atoms with E-state index in [1.807, 2.05) is 0 Å². The van der Waals surface area contributed by atoms with E-state index in [1.165, 1.54) is 12.4 Å². The van der Waals surface area contributed by atoms with Crippen LogP contribution in [0.15, 0.2) is 35.2 Å². The molecule has 0 aliphatic rings. The van der Waals surface area contributed by atoms with Crippen LogP contribution in [0.1, 0.15) is 0 Å². The number of nitrogens with one attached hydrogen (secondary N) is 1. The van der Waals surface area contributed by atoms with Crippen LogP contribution >= 0.6 is 27.5 Å². The summed E-state index contributed by atoms with van der Waals surface area (Å²) in [6.45, 7) is 0. The Labute approximate surface area is 105 Å². The molecule has 0 bridgehead atoms.